The number of amides is 1. The van der Waals surface area contributed by atoms with Crippen molar-refractivity contribution in [1.29, 1.82) is 0 Å². The number of nitrogens with zero attached hydrogens (tertiary/aromatic N) is 2. The highest BCUT2D eigenvalue weighted by Crippen LogP contribution is 2.36. The van der Waals surface area contributed by atoms with Gasteiger partial charge in [-0.3, -0.25) is 9.79 Å². The molecule has 0 unspecified atom stereocenters. The van der Waals surface area contributed by atoms with E-state index in [4.69, 9.17) is 9.72 Å². The molecule has 118 valence electrons. The predicted molar refractivity (Wildman–Crippen MR) is 93.9 cm³/mol. The molecule has 2 heterocycles. The first kappa shape index (κ1) is 15.4. The Kier molecular flexibility index (Phi) is 4.25. The summed E-state index contributed by atoms with van der Waals surface area (Å²) in [5.74, 6) is 0.815. The highest BCUT2D eigenvalue weighted by molar-refractivity contribution is 7.19. The quantitative estimate of drug-likeness (QED) is 0.692. The number of ether oxygens (including phenoxy) is 1. The minimum absolute atomic E-state index is 0.107. The first-order chi connectivity index (χ1) is 11.1. The molecule has 3 rings (SSSR count). The second kappa shape index (κ2) is 6.34. The number of hydrogen-bond donors (Lipinski definition) is 1. The monoisotopic (exact) mass is 327 g/mol. The summed E-state index contributed by atoms with van der Waals surface area (Å²) < 4.78 is 6.71. The third-order valence-electron chi connectivity index (χ3n) is 3.45. The van der Waals surface area contributed by atoms with Crippen molar-refractivity contribution in [3.63, 3.8) is 0 Å². The van der Waals surface area contributed by atoms with Crippen LogP contribution in [0.2, 0.25) is 0 Å². The largest absolute Gasteiger partial charge is 0.493 e. The molecule has 0 radical (unpaired) electrons. The molecule has 5 nitrogen and oxygen atoms in total. The number of aromatic nitrogens is 1. The standard InChI is InChI=1S/C17H17N3O2S/c1-10(19-11(2)21)8-12(9-18-3)17-20-16-13-6-7-22-14(13)4-5-15(16)23-17/h4-5,8-9H,3,6-7H2,1-2H3,(H,19,21)/b10-8+,12-9+. The minimum atomic E-state index is -0.107. The number of aliphatic imine (C=N–C) groups is 1. The van der Waals surface area contributed by atoms with E-state index in [-0.39, 0.29) is 5.91 Å². The van der Waals surface area contributed by atoms with Gasteiger partial charge in [0.25, 0.3) is 0 Å². The Balaban J connectivity index is 2.04. The van der Waals surface area contributed by atoms with Crippen LogP contribution in [0, 0.1) is 0 Å². The molecule has 1 amide bonds. The molecule has 0 fully saturated rings. The molecule has 6 heteroatoms. The van der Waals surface area contributed by atoms with E-state index in [1.54, 1.807) is 17.5 Å². The third kappa shape index (κ3) is 3.17. The molecule has 2 aromatic rings. The van der Waals surface area contributed by atoms with Crippen LogP contribution < -0.4 is 10.1 Å². The zero-order valence-electron chi connectivity index (χ0n) is 13.0. The molecule has 1 aliphatic rings. The third-order valence-corrected chi connectivity index (χ3v) is 4.52. The van der Waals surface area contributed by atoms with Crippen molar-refractivity contribution in [3.05, 3.63) is 40.7 Å². The van der Waals surface area contributed by atoms with Crippen molar-refractivity contribution in [3.8, 4) is 5.75 Å². The Morgan fingerprint density at radius 2 is 2.30 bits per heavy atom. The number of thiazole rings is 1. The lowest BCUT2D eigenvalue weighted by molar-refractivity contribution is -0.118. The molecule has 1 aliphatic heterocycles. The first-order valence-corrected chi connectivity index (χ1v) is 8.07. The zero-order valence-corrected chi connectivity index (χ0v) is 13.9. The van der Waals surface area contributed by atoms with Gasteiger partial charge in [0, 0.05) is 36.4 Å². The normalized spacial score (nSPS) is 14.5. The molecule has 0 spiro atoms. The fourth-order valence-electron chi connectivity index (χ4n) is 2.59. The van der Waals surface area contributed by atoms with Gasteiger partial charge in [-0.05, 0) is 31.9 Å². The van der Waals surface area contributed by atoms with Crippen molar-refractivity contribution in [2.45, 2.75) is 20.3 Å². The molecule has 0 aliphatic carbocycles. The number of carbonyl (C=O) groups is 1. The van der Waals surface area contributed by atoms with Gasteiger partial charge in [0.2, 0.25) is 5.91 Å². The molecular formula is C17H17N3O2S. The summed E-state index contributed by atoms with van der Waals surface area (Å²) in [4.78, 5) is 19.8. The van der Waals surface area contributed by atoms with Crippen LogP contribution in [0.25, 0.3) is 15.8 Å². The number of fused-ring (bicyclic) bond motifs is 3. The van der Waals surface area contributed by atoms with Gasteiger partial charge < -0.3 is 10.1 Å². The highest BCUT2D eigenvalue weighted by Gasteiger charge is 2.19. The van der Waals surface area contributed by atoms with Crippen molar-refractivity contribution in [2.24, 2.45) is 4.99 Å². The fraction of sp³-hybridized carbons (Fsp3) is 0.235. The Bertz CT molecular complexity index is 849. The lowest BCUT2D eigenvalue weighted by Crippen LogP contribution is -2.17. The minimum Gasteiger partial charge on any atom is -0.493 e. The number of nitrogens with one attached hydrogen (secondary N) is 1. The van der Waals surface area contributed by atoms with Gasteiger partial charge in [0.05, 0.1) is 16.8 Å². The Hall–Kier alpha value is -2.47. The molecule has 0 atom stereocenters. The van der Waals surface area contributed by atoms with Gasteiger partial charge >= 0.3 is 0 Å². The molecule has 1 aromatic carbocycles. The van der Waals surface area contributed by atoms with Crippen LogP contribution in [0.3, 0.4) is 0 Å². The summed E-state index contributed by atoms with van der Waals surface area (Å²) >= 11 is 1.59. The Morgan fingerprint density at radius 1 is 1.48 bits per heavy atom. The van der Waals surface area contributed by atoms with E-state index in [1.807, 2.05) is 25.1 Å². The van der Waals surface area contributed by atoms with Crippen molar-refractivity contribution in [1.82, 2.24) is 10.3 Å². The maximum atomic E-state index is 11.2. The van der Waals surface area contributed by atoms with Crippen molar-refractivity contribution >= 4 is 39.8 Å². The van der Waals surface area contributed by atoms with Crippen LogP contribution >= 0.6 is 11.3 Å². The van der Waals surface area contributed by atoms with Gasteiger partial charge in [-0.15, -0.1) is 11.3 Å². The van der Waals surface area contributed by atoms with Crippen LogP contribution in [-0.2, 0) is 11.2 Å². The van der Waals surface area contributed by atoms with E-state index in [2.05, 4.69) is 17.0 Å². The summed E-state index contributed by atoms with van der Waals surface area (Å²) in [6.45, 7) is 7.54. The first-order valence-electron chi connectivity index (χ1n) is 7.26. The van der Waals surface area contributed by atoms with E-state index in [0.29, 0.717) is 6.61 Å². The lowest BCUT2D eigenvalue weighted by Gasteiger charge is -2.02. The maximum absolute atomic E-state index is 11.2. The van der Waals surface area contributed by atoms with Crippen LogP contribution in [-0.4, -0.2) is 24.2 Å². The summed E-state index contributed by atoms with van der Waals surface area (Å²) in [6.07, 6.45) is 4.39. The lowest BCUT2D eigenvalue weighted by atomic mass is 10.1. The molecule has 0 saturated carbocycles. The van der Waals surface area contributed by atoms with E-state index in [9.17, 15) is 4.79 Å². The summed E-state index contributed by atoms with van der Waals surface area (Å²) in [5, 5.41) is 3.60. The van der Waals surface area contributed by atoms with Crippen LogP contribution in [0.4, 0.5) is 0 Å². The molecule has 1 aromatic heterocycles. The number of benzene rings is 1. The topological polar surface area (TPSA) is 63.6 Å². The number of hydrogen-bond acceptors (Lipinski definition) is 5. The molecule has 1 N–H and O–H groups in total. The van der Waals surface area contributed by atoms with Gasteiger partial charge in [0.1, 0.15) is 10.8 Å². The Labute approximate surface area is 138 Å². The molecule has 0 bridgehead atoms. The van der Waals surface area contributed by atoms with Crippen molar-refractivity contribution < 1.29 is 9.53 Å². The van der Waals surface area contributed by atoms with Crippen LogP contribution in [0.15, 0.2) is 35.1 Å². The average Bonchev–Trinajstić information content (AvgIpc) is 3.11. The van der Waals surface area contributed by atoms with E-state index in [1.165, 1.54) is 12.5 Å². The number of carbonyl (C=O) groups excluding carboxylic acids is 1. The number of rotatable bonds is 4. The maximum Gasteiger partial charge on any atom is 0.220 e. The number of allylic oxidation sites excluding steroid dienone is 3. The SMILES string of the molecule is C=N/C=C(\C=C(/C)NC(C)=O)c1nc2c3c(ccc2s1)OCC3. The van der Waals surface area contributed by atoms with Crippen LogP contribution in [0.5, 0.6) is 5.75 Å². The van der Waals surface area contributed by atoms with E-state index in [0.717, 1.165) is 38.7 Å². The second-order valence-corrected chi connectivity index (χ2v) is 6.31. The Morgan fingerprint density at radius 3 is 3.04 bits per heavy atom. The summed E-state index contributed by atoms with van der Waals surface area (Å²) in [6, 6.07) is 4.03. The summed E-state index contributed by atoms with van der Waals surface area (Å²) in [5.41, 5.74) is 3.71. The van der Waals surface area contributed by atoms with E-state index < -0.39 is 0 Å². The molecular weight excluding hydrogens is 310 g/mol. The zero-order chi connectivity index (χ0) is 16.4. The molecule has 0 saturated heterocycles. The van der Waals surface area contributed by atoms with Crippen LogP contribution in [0.1, 0.15) is 24.4 Å². The average molecular weight is 327 g/mol. The molecule has 23 heavy (non-hydrogen) atoms. The summed E-state index contributed by atoms with van der Waals surface area (Å²) in [7, 11) is 0. The van der Waals surface area contributed by atoms with Gasteiger partial charge in [-0.1, -0.05) is 0 Å². The van der Waals surface area contributed by atoms with Gasteiger partial charge in [0.15, 0.2) is 0 Å². The van der Waals surface area contributed by atoms with Gasteiger partial charge in [-0.2, -0.15) is 0 Å². The van der Waals surface area contributed by atoms with E-state index >= 15 is 0 Å². The predicted octanol–water partition coefficient (Wildman–Crippen LogP) is 3.31. The second-order valence-electron chi connectivity index (χ2n) is 5.28. The van der Waals surface area contributed by atoms with Crippen molar-refractivity contribution in [2.75, 3.05) is 6.61 Å². The smallest absolute Gasteiger partial charge is 0.220 e. The fourth-order valence-corrected chi connectivity index (χ4v) is 3.57. The highest BCUT2D eigenvalue weighted by atomic mass is 32.1. The van der Waals surface area contributed by atoms with Gasteiger partial charge in [-0.25, -0.2) is 4.98 Å².